The van der Waals surface area contributed by atoms with E-state index >= 15 is 0 Å². The number of nitrogens with one attached hydrogen (secondary N) is 1. The molecule has 1 amide bonds. The highest BCUT2D eigenvalue weighted by Crippen LogP contribution is 2.28. The van der Waals surface area contributed by atoms with E-state index in [1.165, 1.54) is 0 Å². The van der Waals surface area contributed by atoms with Crippen molar-refractivity contribution in [3.05, 3.63) is 46.2 Å². The summed E-state index contributed by atoms with van der Waals surface area (Å²) in [6, 6.07) is 8.87. The topological polar surface area (TPSA) is 81.1 Å². The number of nitrogens with zero attached hydrogens (tertiary/aromatic N) is 2. The van der Waals surface area contributed by atoms with Crippen molar-refractivity contribution in [3.8, 4) is 0 Å². The maximum absolute atomic E-state index is 12.5. The Morgan fingerprint density at radius 3 is 2.72 bits per heavy atom. The predicted octanol–water partition coefficient (Wildman–Crippen LogP) is 3.38. The van der Waals surface area contributed by atoms with Crippen molar-refractivity contribution in [3.63, 3.8) is 0 Å². The van der Waals surface area contributed by atoms with Crippen LogP contribution in [0.15, 0.2) is 34.8 Å². The molecule has 134 valence electrons. The molecule has 0 radical (unpaired) electrons. The predicted molar refractivity (Wildman–Crippen MR) is 101 cm³/mol. The highest BCUT2D eigenvalue weighted by atomic mass is 79.9. The molecule has 1 aromatic heterocycles. The zero-order chi connectivity index (χ0) is 18.2. The summed E-state index contributed by atoms with van der Waals surface area (Å²) in [5.41, 5.74) is 1.85. The Bertz CT molecular complexity index is 906. The van der Waals surface area contributed by atoms with Crippen molar-refractivity contribution in [1.82, 2.24) is 9.78 Å². The number of rotatable bonds is 4. The first-order valence-corrected chi connectivity index (χ1v) is 10.7. The molecule has 2 heterocycles. The van der Waals surface area contributed by atoms with Gasteiger partial charge in [0.1, 0.15) is 0 Å². The minimum atomic E-state index is -3.02. The Kier molecular flexibility index (Phi) is 5.02. The highest BCUT2D eigenvalue weighted by molar-refractivity contribution is 9.10. The molecular weight excluding hydrogens is 406 g/mol. The SMILES string of the molecule is CC(C)c1cc(C(=O)Nc2cccc(Br)c2)nn1[C@H]1CCS(=O)(=O)C1. The number of benzene rings is 1. The summed E-state index contributed by atoms with van der Waals surface area (Å²) in [5, 5.41) is 7.25. The summed E-state index contributed by atoms with van der Waals surface area (Å²) in [6.07, 6.45) is 0.538. The van der Waals surface area contributed by atoms with E-state index in [0.29, 0.717) is 17.8 Å². The van der Waals surface area contributed by atoms with Gasteiger partial charge in [-0.15, -0.1) is 0 Å². The fraction of sp³-hybridized carbons (Fsp3) is 0.412. The molecule has 0 spiro atoms. The van der Waals surface area contributed by atoms with Crippen LogP contribution < -0.4 is 5.32 Å². The molecule has 1 aliphatic rings. The molecule has 1 aromatic carbocycles. The first-order chi connectivity index (χ1) is 11.7. The molecule has 1 fully saturated rings. The van der Waals surface area contributed by atoms with Crippen molar-refractivity contribution in [1.29, 1.82) is 0 Å². The lowest BCUT2D eigenvalue weighted by atomic mass is 10.1. The molecule has 1 atom stereocenters. The second-order valence-corrected chi connectivity index (χ2v) is 9.72. The van der Waals surface area contributed by atoms with Crippen molar-refractivity contribution in [2.75, 3.05) is 16.8 Å². The van der Waals surface area contributed by atoms with E-state index in [-0.39, 0.29) is 29.4 Å². The Balaban J connectivity index is 1.87. The van der Waals surface area contributed by atoms with Crippen molar-refractivity contribution in [2.24, 2.45) is 0 Å². The second-order valence-electron chi connectivity index (χ2n) is 6.58. The third-order valence-corrected chi connectivity index (χ3v) is 6.47. The quantitative estimate of drug-likeness (QED) is 0.813. The third-order valence-electron chi connectivity index (χ3n) is 4.23. The average Bonchev–Trinajstić information content (AvgIpc) is 3.10. The summed E-state index contributed by atoms with van der Waals surface area (Å²) in [5.74, 6) is 0.0956. The molecule has 3 rings (SSSR count). The first-order valence-electron chi connectivity index (χ1n) is 8.12. The number of carbonyl (C=O) groups is 1. The Morgan fingerprint density at radius 1 is 1.36 bits per heavy atom. The van der Waals surface area contributed by atoms with Crippen LogP contribution in [0, 0.1) is 0 Å². The van der Waals surface area contributed by atoms with E-state index in [1.807, 2.05) is 32.0 Å². The van der Waals surface area contributed by atoms with Gasteiger partial charge in [-0.1, -0.05) is 35.8 Å². The zero-order valence-electron chi connectivity index (χ0n) is 14.1. The van der Waals surface area contributed by atoms with Gasteiger partial charge in [-0.25, -0.2) is 8.42 Å². The number of amides is 1. The van der Waals surface area contributed by atoms with Crippen molar-refractivity contribution >= 4 is 37.4 Å². The van der Waals surface area contributed by atoms with E-state index < -0.39 is 9.84 Å². The minimum absolute atomic E-state index is 0.0844. The van der Waals surface area contributed by atoms with E-state index in [2.05, 4.69) is 26.3 Å². The van der Waals surface area contributed by atoms with Gasteiger partial charge in [0.15, 0.2) is 15.5 Å². The van der Waals surface area contributed by atoms with Crippen LogP contribution in [0.4, 0.5) is 5.69 Å². The van der Waals surface area contributed by atoms with Gasteiger partial charge in [0.05, 0.1) is 17.5 Å². The summed E-state index contributed by atoms with van der Waals surface area (Å²) < 4.78 is 26.2. The third kappa shape index (κ3) is 4.12. The van der Waals surface area contributed by atoms with Crippen LogP contribution in [0.25, 0.3) is 0 Å². The van der Waals surface area contributed by atoms with E-state index in [4.69, 9.17) is 0 Å². The molecular formula is C17H20BrN3O3S. The number of hydrogen-bond acceptors (Lipinski definition) is 4. The van der Waals surface area contributed by atoms with Crippen LogP contribution in [0.2, 0.25) is 0 Å². The van der Waals surface area contributed by atoms with E-state index in [0.717, 1.165) is 10.2 Å². The molecule has 0 aliphatic carbocycles. The molecule has 1 N–H and O–H groups in total. The van der Waals surface area contributed by atoms with Gasteiger partial charge in [0.25, 0.3) is 5.91 Å². The van der Waals surface area contributed by atoms with Gasteiger partial charge in [-0.2, -0.15) is 5.10 Å². The van der Waals surface area contributed by atoms with Crippen LogP contribution >= 0.6 is 15.9 Å². The standard InChI is InChI=1S/C17H20BrN3O3S/c1-11(2)16-9-15(17(22)19-13-5-3-4-12(18)8-13)20-21(16)14-6-7-25(23,24)10-14/h3-5,8-9,11,14H,6-7,10H2,1-2H3,(H,19,22)/t14-/m0/s1. The fourth-order valence-corrected chi connectivity index (χ4v) is 5.06. The molecule has 0 bridgehead atoms. The molecule has 0 unspecified atom stereocenters. The van der Waals surface area contributed by atoms with Crippen molar-refractivity contribution in [2.45, 2.75) is 32.2 Å². The molecule has 25 heavy (non-hydrogen) atoms. The molecule has 6 nitrogen and oxygen atoms in total. The number of aromatic nitrogens is 2. The second kappa shape index (κ2) is 6.92. The van der Waals surface area contributed by atoms with Gasteiger partial charge >= 0.3 is 0 Å². The lowest BCUT2D eigenvalue weighted by Crippen LogP contribution is -2.17. The number of hydrogen-bond donors (Lipinski definition) is 1. The molecule has 1 saturated heterocycles. The Hall–Kier alpha value is -1.67. The van der Waals surface area contributed by atoms with Gasteiger partial charge in [-0.05, 0) is 36.6 Å². The summed E-state index contributed by atoms with van der Waals surface area (Å²) in [6.45, 7) is 4.01. The number of sulfone groups is 1. The van der Waals surface area contributed by atoms with Crippen molar-refractivity contribution < 1.29 is 13.2 Å². The maximum Gasteiger partial charge on any atom is 0.276 e. The lowest BCUT2D eigenvalue weighted by Gasteiger charge is -2.15. The smallest absolute Gasteiger partial charge is 0.276 e. The molecule has 0 saturated carbocycles. The van der Waals surface area contributed by atoms with Crippen LogP contribution in [0.1, 0.15) is 48.4 Å². The van der Waals surface area contributed by atoms with Crippen LogP contribution in [-0.2, 0) is 9.84 Å². The number of carbonyl (C=O) groups excluding carboxylic acids is 1. The van der Waals surface area contributed by atoms with Crippen LogP contribution in [0.5, 0.6) is 0 Å². The number of anilines is 1. The summed E-state index contributed by atoms with van der Waals surface area (Å²) in [7, 11) is -3.02. The molecule has 2 aromatic rings. The molecule has 1 aliphatic heterocycles. The van der Waals surface area contributed by atoms with Gasteiger partial charge in [0.2, 0.25) is 0 Å². The van der Waals surface area contributed by atoms with Gasteiger partial charge in [-0.3, -0.25) is 9.48 Å². The normalized spacial score (nSPS) is 19.3. The maximum atomic E-state index is 12.5. The van der Waals surface area contributed by atoms with Gasteiger partial charge in [0, 0.05) is 15.9 Å². The Labute approximate surface area is 155 Å². The zero-order valence-corrected chi connectivity index (χ0v) is 16.5. The monoisotopic (exact) mass is 425 g/mol. The lowest BCUT2D eigenvalue weighted by molar-refractivity contribution is 0.102. The van der Waals surface area contributed by atoms with E-state index in [1.54, 1.807) is 16.8 Å². The Morgan fingerprint density at radius 2 is 2.12 bits per heavy atom. The first kappa shape index (κ1) is 18.1. The summed E-state index contributed by atoms with van der Waals surface area (Å²) >= 11 is 3.37. The number of halogens is 1. The van der Waals surface area contributed by atoms with Crippen LogP contribution in [0.3, 0.4) is 0 Å². The average molecular weight is 426 g/mol. The summed E-state index contributed by atoms with van der Waals surface area (Å²) in [4.78, 5) is 12.5. The van der Waals surface area contributed by atoms with E-state index in [9.17, 15) is 13.2 Å². The molecule has 8 heteroatoms. The minimum Gasteiger partial charge on any atom is -0.321 e. The highest BCUT2D eigenvalue weighted by Gasteiger charge is 2.32. The van der Waals surface area contributed by atoms with Gasteiger partial charge < -0.3 is 5.32 Å². The largest absolute Gasteiger partial charge is 0.321 e. The fourth-order valence-electron chi connectivity index (χ4n) is 2.97. The van der Waals surface area contributed by atoms with Crippen LogP contribution in [-0.4, -0.2) is 35.6 Å².